The summed E-state index contributed by atoms with van der Waals surface area (Å²) in [5.74, 6) is 3.38. The number of phenols is 1. The Balaban J connectivity index is 1.23. The number of rotatable bonds is 5. The van der Waals surface area contributed by atoms with Crippen molar-refractivity contribution in [1.82, 2.24) is 4.90 Å². The minimum atomic E-state index is 0.361. The fourth-order valence-corrected chi connectivity index (χ4v) is 7.77. The van der Waals surface area contributed by atoms with Crippen LogP contribution in [0.3, 0.4) is 0 Å². The van der Waals surface area contributed by atoms with E-state index in [1.54, 1.807) is 5.57 Å². The van der Waals surface area contributed by atoms with Crippen molar-refractivity contribution in [3.8, 4) is 5.75 Å². The number of phenolic OH excluding ortho intramolecular Hbond substituents is 1. The first-order chi connectivity index (χ1) is 15.1. The fourth-order valence-electron chi connectivity index (χ4n) is 7.77. The molecule has 5 unspecified atom stereocenters. The Kier molecular flexibility index (Phi) is 6.18. The van der Waals surface area contributed by atoms with Gasteiger partial charge in [-0.15, -0.1) is 0 Å². The molecule has 1 heterocycles. The van der Waals surface area contributed by atoms with Crippen LogP contribution in [0.5, 0.6) is 5.75 Å². The van der Waals surface area contributed by atoms with Crippen LogP contribution in [-0.4, -0.2) is 42.9 Å². The van der Waals surface area contributed by atoms with Crippen molar-refractivity contribution in [2.45, 2.75) is 71.1 Å². The van der Waals surface area contributed by atoms with Crippen molar-refractivity contribution in [3.05, 3.63) is 41.0 Å². The summed E-state index contributed by atoms with van der Waals surface area (Å²) < 4.78 is 6.07. The summed E-state index contributed by atoms with van der Waals surface area (Å²) in [5.41, 5.74) is 4.97. The van der Waals surface area contributed by atoms with Gasteiger partial charge >= 0.3 is 0 Å². The molecular weight excluding hydrogens is 382 g/mol. The third kappa shape index (κ3) is 4.09. The van der Waals surface area contributed by atoms with E-state index in [4.69, 9.17) is 4.74 Å². The molecule has 5 rings (SSSR count). The highest BCUT2D eigenvalue weighted by molar-refractivity contribution is 5.41. The molecule has 0 radical (unpaired) electrons. The van der Waals surface area contributed by atoms with Gasteiger partial charge in [-0.3, -0.25) is 0 Å². The van der Waals surface area contributed by atoms with E-state index in [9.17, 15) is 5.11 Å². The van der Waals surface area contributed by atoms with Crippen LogP contribution >= 0.6 is 0 Å². The summed E-state index contributed by atoms with van der Waals surface area (Å²) in [6.45, 7) is 10.3. The molecule has 3 heteroatoms. The molecule has 0 aromatic heterocycles. The Labute approximate surface area is 188 Å². The van der Waals surface area contributed by atoms with Gasteiger partial charge in [-0.05, 0) is 110 Å². The van der Waals surface area contributed by atoms with Gasteiger partial charge in [0.2, 0.25) is 0 Å². The highest BCUT2D eigenvalue weighted by atomic mass is 16.5. The number of hydrogen-bond acceptors (Lipinski definition) is 3. The maximum atomic E-state index is 9.97. The third-order valence-corrected chi connectivity index (χ3v) is 9.35. The number of benzene rings is 1. The molecule has 0 amide bonds. The monoisotopic (exact) mass is 423 g/mol. The van der Waals surface area contributed by atoms with E-state index in [0.29, 0.717) is 23.0 Å². The third-order valence-electron chi connectivity index (χ3n) is 9.35. The van der Waals surface area contributed by atoms with E-state index >= 15 is 0 Å². The fraction of sp³-hybridized carbons (Fsp3) is 0.714. The van der Waals surface area contributed by atoms with E-state index in [0.717, 1.165) is 38.0 Å². The topological polar surface area (TPSA) is 32.7 Å². The number of aromatic hydroxyl groups is 1. The van der Waals surface area contributed by atoms with Gasteiger partial charge in [-0.1, -0.05) is 38.0 Å². The van der Waals surface area contributed by atoms with Crippen molar-refractivity contribution in [3.63, 3.8) is 0 Å². The van der Waals surface area contributed by atoms with Crippen LogP contribution in [0.2, 0.25) is 0 Å². The average Bonchev–Trinajstić information content (AvgIpc) is 3.10. The van der Waals surface area contributed by atoms with Crippen molar-refractivity contribution in [2.75, 3.05) is 32.8 Å². The molecule has 4 aliphatic rings. The summed E-state index contributed by atoms with van der Waals surface area (Å²) in [5, 5.41) is 9.97. The second-order valence-corrected chi connectivity index (χ2v) is 11.1. The normalized spacial score (nSPS) is 36.8. The van der Waals surface area contributed by atoms with Crippen molar-refractivity contribution in [2.24, 2.45) is 23.2 Å². The van der Waals surface area contributed by atoms with Crippen molar-refractivity contribution in [1.29, 1.82) is 0 Å². The van der Waals surface area contributed by atoms with Crippen LogP contribution in [0.15, 0.2) is 29.8 Å². The van der Waals surface area contributed by atoms with Gasteiger partial charge in [-0.25, -0.2) is 0 Å². The number of hydrogen-bond donors (Lipinski definition) is 1. The molecule has 31 heavy (non-hydrogen) atoms. The molecule has 1 aliphatic heterocycles. The summed E-state index contributed by atoms with van der Waals surface area (Å²) in [6.07, 6.45) is 12.9. The highest BCUT2D eigenvalue weighted by Crippen LogP contribution is 2.63. The zero-order chi connectivity index (χ0) is 21.4. The van der Waals surface area contributed by atoms with Gasteiger partial charge in [0.25, 0.3) is 0 Å². The van der Waals surface area contributed by atoms with E-state index < -0.39 is 0 Å². The van der Waals surface area contributed by atoms with Gasteiger partial charge in [0.15, 0.2) is 0 Å². The van der Waals surface area contributed by atoms with E-state index in [1.165, 1.54) is 69.2 Å². The highest BCUT2D eigenvalue weighted by Gasteiger charge is 2.54. The van der Waals surface area contributed by atoms with Crippen LogP contribution < -0.4 is 0 Å². The van der Waals surface area contributed by atoms with Gasteiger partial charge in [-0.2, -0.15) is 0 Å². The lowest BCUT2D eigenvalue weighted by atomic mass is 9.52. The number of likely N-dealkylation sites (tertiary alicyclic amines) is 1. The minimum absolute atomic E-state index is 0.361. The predicted molar refractivity (Wildman–Crippen MR) is 126 cm³/mol. The number of allylic oxidation sites excluding steroid dienone is 1. The second-order valence-electron chi connectivity index (χ2n) is 11.1. The predicted octanol–water partition coefficient (Wildman–Crippen LogP) is 5.92. The van der Waals surface area contributed by atoms with E-state index in [-0.39, 0.29) is 0 Å². The largest absolute Gasteiger partial charge is 0.508 e. The van der Waals surface area contributed by atoms with Gasteiger partial charge in [0, 0.05) is 6.54 Å². The maximum Gasteiger partial charge on any atom is 0.115 e. The van der Waals surface area contributed by atoms with Crippen LogP contribution in [0, 0.1) is 23.2 Å². The maximum absolute atomic E-state index is 9.97. The Bertz CT molecular complexity index is 811. The van der Waals surface area contributed by atoms with Crippen LogP contribution in [0.25, 0.3) is 0 Å². The zero-order valence-electron chi connectivity index (χ0n) is 19.6. The summed E-state index contributed by atoms with van der Waals surface area (Å²) in [7, 11) is 0. The van der Waals surface area contributed by atoms with E-state index in [2.05, 4.69) is 30.9 Å². The quantitative estimate of drug-likeness (QED) is 0.471. The number of piperidine rings is 1. The van der Waals surface area contributed by atoms with Crippen LogP contribution in [-0.2, 0) is 11.2 Å². The van der Waals surface area contributed by atoms with Gasteiger partial charge in [0.05, 0.1) is 13.2 Å². The summed E-state index contributed by atoms with van der Waals surface area (Å²) in [6, 6.07) is 6.15. The van der Waals surface area contributed by atoms with Crippen LogP contribution in [0.4, 0.5) is 0 Å². The van der Waals surface area contributed by atoms with E-state index in [1.807, 2.05) is 12.1 Å². The standard InChI is InChI=1S/C28H41NO2/c1-20-18-21-19-23(30)7-8-24(21)25-10-12-28(2)22(6-9-26(28)27(20)25)11-16-31-17-15-29-13-4-3-5-14-29/h7-8,11,19-20,25-27,30H,3-6,9-10,12-18H2,1-2H3. The molecule has 170 valence electrons. The zero-order valence-corrected chi connectivity index (χ0v) is 19.6. The number of ether oxygens (including phenoxy) is 1. The lowest BCUT2D eigenvalue weighted by Crippen LogP contribution is -2.43. The van der Waals surface area contributed by atoms with Crippen LogP contribution in [0.1, 0.15) is 75.8 Å². The molecule has 0 spiro atoms. The molecular formula is C28H41NO2. The van der Waals surface area contributed by atoms with Gasteiger partial charge < -0.3 is 14.7 Å². The number of fused-ring (bicyclic) bond motifs is 5. The molecule has 1 aromatic rings. The number of nitrogens with zero attached hydrogens (tertiary/aromatic N) is 1. The molecule has 3 aliphatic carbocycles. The molecule has 1 N–H and O–H groups in total. The molecule has 3 fully saturated rings. The molecule has 1 saturated heterocycles. The van der Waals surface area contributed by atoms with Gasteiger partial charge in [0.1, 0.15) is 5.75 Å². The smallest absolute Gasteiger partial charge is 0.115 e. The SMILES string of the molecule is CC1Cc2cc(O)ccc2C2CCC3(C)C(=CCOCCN4CCCCC4)CCC3C12. The Morgan fingerprint density at radius 1 is 1.19 bits per heavy atom. The average molecular weight is 424 g/mol. The Morgan fingerprint density at radius 2 is 2.03 bits per heavy atom. The first-order valence-electron chi connectivity index (χ1n) is 12.9. The molecule has 0 bridgehead atoms. The molecule has 5 atom stereocenters. The first kappa shape index (κ1) is 21.5. The second kappa shape index (κ2) is 8.90. The lowest BCUT2D eigenvalue weighted by Gasteiger charge is -2.52. The van der Waals surface area contributed by atoms with Crippen molar-refractivity contribution >= 4 is 0 Å². The lowest BCUT2D eigenvalue weighted by molar-refractivity contribution is 0.0483. The Hall–Kier alpha value is -1.32. The molecule has 2 saturated carbocycles. The minimum Gasteiger partial charge on any atom is -0.508 e. The van der Waals surface area contributed by atoms with Crippen molar-refractivity contribution < 1.29 is 9.84 Å². The first-order valence-corrected chi connectivity index (χ1v) is 12.9. The Morgan fingerprint density at radius 3 is 2.87 bits per heavy atom. The summed E-state index contributed by atoms with van der Waals surface area (Å²) >= 11 is 0. The molecule has 3 nitrogen and oxygen atoms in total. The molecule has 1 aromatic carbocycles. The summed E-state index contributed by atoms with van der Waals surface area (Å²) in [4.78, 5) is 2.56.